The van der Waals surface area contributed by atoms with E-state index in [0.29, 0.717) is 6.41 Å². The van der Waals surface area contributed by atoms with Gasteiger partial charge in [0.15, 0.2) is 0 Å². The number of rotatable bonds is 2. The molecule has 6 heteroatoms. The molecule has 0 unspecified atom stereocenters. The standard InChI is InChI=1S/C5H7N5O/c6-3-1-4(7)10-5(9-3)8-2-11/h1-2H,(H5,6,7,8,9,10,11). The number of nitrogens with zero attached hydrogens (tertiary/aromatic N) is 2. The van der Waals surface area contributed by atoms with Gasteiger partial charge in [0.2, 0.25) is 12.4 Å². The summed E-state index contributed by atoms with van der Waals surface area (Å²) < 4.78 is 0. The molecule has 1 heterocycles. The summed E-state index contributed by atoms with van der Waals surface area (Å²) in [5.41, 5.74) is 10.6. The average molecular weight is 153 g/mol. The van der Waals surface area contributed by atoms with Crippen molar-refractivity contribution in [2.45, 2.75) is 0 Å². The van der Waals surface area contributed by atoms with Gasteiger partial charge in [-0.3, -0.25) is 10.1 Å². The summed E-state index contributed by atoms with van der Waals surface area (Å²) >= 11 is 0. The molecule has 0 radical (unpaired) electrons. The zero-order valence-electron chi connectivity index (χ0n) is 5.61. The Labute approximate surface area is 62.6 Å². The molecule has 1 rings (SSSR count). The van der Waals surface area contributed by atoms with Crippen molar-refractivity contribution in [1.82, 2.24) is 9.97 Å². The lowest BCUT2D eigenvalue weighted by Crippen LogP contribution is -2.04. The van der Waals surface area contributed by atoms with Crippen molar-refractivity contribution >= 4 is 24.0 Å². The predicted molar refractivity (Wildman–Crippen MR) is 40.5 cm³/mol. The Morgan fingerprint density at radius 3 is 2.36 bits per heavy atom. The van der Waals surface area contributed by atoms with Gasteiger partial charge in [-0.2, -0.15) is 9.97 Å². The fraction of sp³-hybridized carbons (Fsp3) is 0. The molecule has 0 saturated carbocycles. The van der Waals surface area contributed by atoms with E-state index < -0.39 is 0 Å². The Kier molecular flexibility index (Phi) is 1.86. The molecule has 11 heavy (non-hydrogen) atoms. The number of hydrogen-bond donors (Lipinski definition) is 3. The molecule has 1 aromatic rings. The number of anilines is 3. The molecular weight excluding hydrogens is 146 g/mol. The van der Waals surface area contributed by atoms with E-state index in [0.717, 1.165) is 0 Å². The highest BCUT2D eigenvalue weighted by molar-refractivity contribution is 5.68. The molecule has 0 aliphatic heterocycles. The van der Waals surface area contributed by atoms with Crippen molar-refractivity contribution in [3.63, 3.8) is 0 Å². The van der Waals surface area contributed by atoms with Gasteiger partial charge in [-0.25, -0.2) is 0 Å². The van der Waals surface area contributed by atoms with E-state index in [2.05, 4.69) is 15.3 Å². The minimum absolute atomic E-state index is 0.109. The van der Waals surface area contributed by atoms with Crippen molar-refractivity contribution in [1.29, 1.82) is 0 Å². The molecule has 0 spiro atoms. The molecule has 0 aromatic carbocycles. The van der Waals surface area contributed by atoms with Crippen LogP contribution < -0.4 is 16.8 Å². The van der Waals surface area contributed by atoms with Crippen molar-refractivity contribution in [3.8, 4) is 0 Å². The maximum absolute atomic E-state index is 9.92. The van der Waals surface area contributed by atoms with E-state index in [1.165, 1.54) is 6.07 Å². The lowest BCUT2D eigenvalue weighted by molar-refractivity contribution is -0.105. The molecule has 6 nitrogen and oxygen atoms in total. The van der Waals surface area contributed by atoms with Crippen LogP contribution in [-0.2, 0) is 4.79 Å². The van der Waals surface area contributed by atoms with Crippen molar-refractivity contribution in [2.24, 2.45) is 0 Å². The molecule has 5 N–H and O–H groups in total. The number of hydrogen-bond acceptors (Lipinski definition) is 5. The van der Waals surface area contributed by atoms with Crippen LogP contribution in [0.3, 0.4) is 0 Å². The summed E-state index contributed by atoms with van der Waals surface area (Å²) in [5.74, 6) is 0.557. The van der Waals surface area contributed by atoms with Gasteiger partial charge in [-0.05, 0) is 0 Å². The van der Waals surface area contributed by atoms with E-state index in [4.69, 9.17) is 11.5 Å². The molecule has 0 atom stereocenters. The normalized spacial score (nSPS) is 9.09. The molecule has 0 fully saturated rings. The van der Waals surface area contributed by atoms with E-state index >= 15 is 0 Å². The second-order valence-corrected chi connectivity index (χ2v) is 1.80. The van der Waals surface area contributed by atoms with E-state index in [-0.39, 0.29) is 17.6 Å². The van der Waals surface area contributed by atoms with E-state index in [9.17, 15) is 4.79 Å². The average Bonchev–Trinajstić information content (AvgIpc) is 1.85. The van der Waals surface area contributed by atoms with Crippen LogP contribution in [0.15, 0.2) is 6.07 Å². The predicted octanol–water partition coefficient (Wildman–Crippen LogP) is -0.791. The summed E-state index contributed by atoms with van der Waals surface area (Å²) in [7, 11) is 0. The highest BCUT2D eigenvalue weighted by atomic mass is 16.1. The molecular formula is C5H7N5O. The Hall–Kier alpha value is -1.85. The third kappa shape index (κ3) is 1.78. The first-order valence-electron chi connectivity index (χ1n) is 2.82. The third-order valence-corrected chi connectivity index (χ3v) is 0.954. The summed E-state index contributed by atoms with van der Waals surface area (Å²) in [5, 5.41) is 2.23. The van der Waals surface area contributed by atoms with Gasteiger partial charge in [0.05, 0.1) is 0 Å². The highest BCUT2D eigenvalue weighted by Gasteiger charge is 1.96. The van der Waals surface area contributed by atoms with Crippen LogP contribution in [0, 0.1) is 0 Å². The fourth-order valence-corrected chi connectivity index (χ4v) is 0.603. The largest absolute Gasteiger partial charge is 0.383 e. The van der Waals surface area contributed by atoms with E-state index in [1.807, 2.05) is 0 Å². The van der Waals surface area contributed by atoms with Crippen LogP contribution in [0.25, 0.3) is 0 Å². The lowest BCUT2D eigenvalue weighted by Gasteiger charge is -1.98. The van der Waals surface area contributed by atoms with Crippen LogP contribution in [0.4, 0.5) is 17.6 Å². The first-order valence-corrected chi connectivity index (χ1v) is 2.82. The first-order chi connectivity index (χ1) is 5.22. The number of carbonyl (C=O) groups excluding carboxylic acids is 1. The summed E-state index contributed by atoms with van der Waals surface area (Å²) in [4.78, 5) is 17.3. The minimum atomic E-state index is 0.109. The topological polar surface area (TPSA) is 107 Å². The second-order valence-electron chi connectivity index (χ2n) is 1.80. The van der Waals surface area contributed by atoms with Crippen LogP contribution >= 0.6 is 0 Å². The maximum Gasteiger partial charge on any atom is 0.233 e. The summed E-state index contributed by atoms with van der Waals surface area (Å²) in [6.07, 6.45) is 0.453. The van der Waals surface area contributed by atoms with Gasteiger partial charge < -0.3 is 11.5 Å². The van der Waals surface area contributed by atoms with Crippen LogP contribution in [0.1, 0.15) is 0 Å². The molecule has 0 aliphatic rings. The van der Waals surface area contributed by atoms with Crippen molar-refractivity contribution in [3.05, 3.63) is 6.07 Å². The van der Waals surface area contributed by atoms with Crippen molar-refractivity contribution < 1.29 is 4.79 Å². The van der Waals surface area contributed by atoms with Gasteiger partial charge in [0, 0.05) is 6.07 Å². The van der Waals surface area contributed by atoms with Gasteiger partial charge in [-0.1, -0.05) is 0 Å². The number of nitrogens with one attached hydrogen (secondary N) is 1. The number of nitrogens with two attached hydrogens (primary N) is 2. The lowest BCUT2D eigenvalue weighted by atomic mass is 10.5. The molecule has 0 bridgehead atoms. The van der Waals surface area contributed by atoms with Gasteiger partial charge in [0.1, 0.15) is 11.6 Å². The van der Waals surface area contributed by atoms with Gasteiger partial charge in [-0.15, -0.1) is 0 Å². The number of aromatic nitrogens is 2. The Balaban J connectivity index is 2.98. The third-order valence-electron chi connectivity index (χ3n) is 0.954. The van der Waals surface area contributed by atoms with Crippen LogP contribution in [0.5, 0.6) is 0 Å². The van der Waals surface area contributed by atoms with Crippen LogP contribution in [0.2, 0.25) is 0 Å². The van der Waals surface area contributed by atoms with E-state index in [1.54, 1.807) is 0 Å². The molecule has 1 aromatic heterocycles. The van der Waals surface area contributed by atoms with Crippen molar-refractivity contribution in [2.75, 3.05) is 16.8 Å². The Morgan fingerprint density at radius 1 is 1.36 bits per heavy atom. The fourth-order valence-electron chi connectivity index (χ4n) is 0.603. The monoisotopic (exact) mass is 153 g/mol. The SMILES string of the molecule is Nc1cc(N)nc(NC=O)n1. The smallest absolute Gasteiger partial charge is 0.233 e. The number of carbonyl (C=O) groups is 1. The second kappa shape index (κ2) is 2.82. The zero-order chi connectivity index (χ0) is 8.27. The van der Waals surface area contributed by atoms with Crippen LogP contribution in [-0.4, -0.2) is 16.4 Å². The zero-order valence-corrected chi connectivity index (χ0v) is 5.61. The number of amides is 1. The molecule has 58 valence electrons. The quantitative estimate of drug-likeness (QED) is 0.482. The Bertz CT molecular complexity index is 253. The first kappa shape index (κ1) is 7.26. The minimum Gasteiger partial charge on any atom is -0.383 e. The summed E-state index contributed by atoms with van der Waals surface area (Å²) in [6, 6.07) is 1.40. The molecule has 1 amide bonds. The summed E-state index contributed by atoms with van der Waals surface area (Å²) in [6.45, 7) is 0. The van der Waals surface area contributed by atoms with Gasteiger partial charge >= 0.3 is 0 Å². The molecule has 0 aliphatic carbocycles. The van der Waals surface area contributed by atoms with Gasteiger partial charge in [0.25, 0.3) is 0 Å². The maximum atomic E-state index is 9.92. The molecule has 0 saturated heterocycles. The highest BCUT2D eigenvalue weighted by Crippen LogP contribution is 2.06. The Morgan fingerprint density at radius 2 is 1.91 bits per heavy atom. The number of nitrogen functional groups attached to an aromatic ring is 2.